The standard InChI is InChI=1S/C31H36O4/c1-5-9-24-14-22(15-25(10-6-2)30(24)34-20-28-18-32-28)13-23-16-26(11-7-3)31(27(17-23)12-8-4)35-21-29-19-33-29/h5-8,14-17,28-29H,1-4,9-13,18-21H2. The van der Waals surface area contributed by atoms with Crippen molar-refractivity contribution >= 4 is 0 Å². The van der Waals surface area contributed by atoms with Gasteiger partial charge in [0, 0.05) is 0 Å². The van der Waals surface area contributed by atoms with Gasteiger partial charge in [0.25, 0.3) is 0 Å². The minimum Gasteiger partial charge on any atom is -0.490 e. The molecule has 2 aromatic carbocycles. The highest BCUT2D eigenvalue weighted by molar-refractivity contribution is 5.50. The van der Waals surface area contributed by atoms with Crippen LogP contribution in [0.4, 0.5) is 0 Å². The van der Waals surface area contributed by atoms with Crippen molar-refractivity contribution in [1.29, 1.82) is 0 Å². The summed E-state index contributed by atoms with van der Waals surface area (Å²) in [6, 6.07) is 8.97. The first-order valence-electron chi connectivity index (χ1n) is 12.4. The number of rotatable bonds is 16. The van der Waals surface area contributed by atoms with Gasteiger partial charge in [-0.25, -0.2) is 0 Å². The van der Waals surface area contributed by atoms with Crippen molar-refractivity contribution < 1.29 is 18.9 Å². The molecule has 2 aliphatic heterocycles. The molecular weight excluding hydrogens is 436 g/mol. The summed E-state index contributed by atoms with van der Waals surface area (Å²) in [6.45, 7) is 18.6. The molecule has 2 aromatic rings. The van der Waals surface area contributed by atoms with Gasteiger partial charge in [0.15, 0.2) is 0 Å². The molecule has 0 amide bonds. The van der Waals surface area contributed by atoms with Gasteiger partial charge in [-0.15, -0.1) is 26.3 Å². The van der Waals surface area contributed by atoms with E-state index in [9.17, 15) is 0 Å². The average Bonchev–Trinajstić information content (AvgIpc) is 3.74. The first-order valence-corrected chi connectivity index (χ1v) is 12.4. The van der Waals surface area contributed by atoms with Gasteiger partial charge in [0.2, 0.25) is 0 Å². The lowest BCUT2D eigenvalue weighted by Crippen LogP contribution is -2.10. The molecule has 35 heavy (non-hydrogen) atoms. The van der Waals surface area contributed by atoms with Gasteiger partial charge in [-0.3, -0.25) is 0 Å². The Hall–Kier alpha value is -3.08. The molecule has 0 spiro atoms. The maximum absolute atomic E-state index is 6.20. The quantitative estimate of drug-likeness (QED) is 0.231. The first kappa shape index (κ1) is 25.0. The van der Waals surface area contributed by atoms with Gasteiger partial charge in [0.05, 0.1) is 13.2 Å². The Bertz CT molecular complexity index is 928. The number of allylic oxidation sites excluding steroid dienone is 4. The summed E-state index contributed by atoms with van der Waals surface area (Å²) in [6.07, 6.45) is 11.9. The van der Waals surface area contributed by atoms with E-state index in [0.29, 0.717) is 13.2 Å². The van der Waals surface area contributed by atoms with Crippen LogP contribution in [0, 0.1) is 0 Å². The van der Waals surface area contributed by atoms with Gasteiger partial charge >= 0.3 is 0 Å². The molecule has 0 bridgehead atoms. The van der Waals surface area contributed by atoms with Crippen LogP contribution in [0.5, 0.6) is 11.5 Å². The van der Waals surface area contributed by atoms with Crippen LogP contribution in [0.25, 0.3) is 0 Å². The molecule has 2 saturated heterocycles. The molecule has 2 aliphatic rings. The highest BCUT2D eigenvalue weighted by Gasteiger charge is 2.25. The van der Waals surface area contributed by atoms with Crippen LogP contribution in [0.2, 0.25) is 0 Å². The van der Waals surface area contributed by atoms with E-state index in [2.05, 4.69) is 50.6 Å². The normalized spacial score (nSPS) is 17.9. The summed E-state index contributed by atoms with van der Waals surface area (Å²) in [5.41, 5.74) is 7.08. The Morgan fingerprint density at radius 1 is 0.629 bits per heavy atom. The van der Waals surface area contributed by atoms with Gasteiger partial charge in [0.1, 0.15) is 36.9 Å². The Morgan fingerprint density at radius 3 is 1.20 bits per heavy atom. The Labute approximate surface area is 209 Å². The van der Waals surface area contributed by atoms with Crippen LogP contribution in [0.3, 0.4) is 0 Å². The fraction of sp³-hybridized carbons (Fsp3) is 0.355. The summed E-state index contributed by atoms with van der Waals surface area (Å²) in [4.78, 5) is 0. The van der Waals surface area contributed by atoms with Crippen LogP contribution < -0.4 is 9.47 Å². The van der Waals surface area contributed by atoms with Crippen LogP contribution in [0.1, 0.15) is 33.4 Å². The van der Waals surface area contributed by atoms with E-state index in [-0.39, 0.29) is 12.2 Å². The molecule has 4 rings (SSSR count). The fourth-order valence-electron chi connectivity index (χ4n) is 4.37. The molecule has 2 heterocycles. The van der Waals surface area contributed by atoms with Crippen molar-refractivity contribution in [1.82, 2.24) is 0 Å². The van der Waals surface area contributed by atoms with Crippen LogP contribution in [0.15, 0.2) is 74.9 Å². The second-order valence-electron chi connectivity index (χ2n) is 9.17. The van der Waals surface area contributed by atoms with E-state index in [4.69, 9.17) is 18.9 Å². The summed E-state index contributed by atoms with van der Waals surface area (Å²) >= 11 is 0. The van der Waals surface area contributed by atoms with Crippen LogP contribution in [-0.2, 0) is 41.6 Å². The third-order valence-electron chi connectivity index (χ3n) is 6.10. The smallest absolute Gasteiger partial charge is 0.126 e. The van der Waals surface area contributed by atoms with Gasteiger partial charge in [-0.05, 0) is 65.5 Å². The molecular formula is C31H36O4. The first-order chi connectivity index (χ1) is 17.1. The zero-order valence-corrected chi connectivity index (χ0v) is 20.6. The zero-order chi connectivity index (χ0) is 24.6. The Kier molecular flexibility index (Phi) is 8.62. The molecule has 4 heteroatoms. The lowest BCUT2D eigenvalue weighted by Gasteiger charge is -2.19. The van der Waals surface area contributed by atoms with Crippen LogP contribution >= 0.6 is 0 Å². The largest absolute Gasteiger partial charge is 0.490 e. The maximum Gasteiger partial charge on any atom is 0.126 e. The molecule has 184 valence electrons. The average molecular weight is 473 g/mol. The lowest BCUT2D eigenvalue weighted by atomic mass is 9.93. The van der Waals surface area contributed by atoms with E-state index in [1.807, 2.05) is 24.3 Å². The third-order valence-corrected chi connectivity index (χ3v) is 6.10. The molecule has 0 aromatic heterocycles. The highest BCUT2D eigenvalue weighted by atomic mass is 16.6. The highest BCUT2D eigenvalue weighted by Crippen LogP contribution is 2.33. The van der Waals surface area contributed by atoms with Gasteiger partial charge in [-0.2, -0.15) is 0 Å². The van der Waals surface area contributed by atoms with Crippen molar-refractivity contribution in [2.24, 2.45) is 0 Å². The third kappa shape index (κ3) is 6.97. The second-order valence-corrected chi connectivity index (χ2v) is 9.17. The Morgan fingerprint density at radius 2 is 0.943 bits per heavy atom. The molecule has 4 nitrogen and oxygen atoms in total. The summed E-state index contributed by atoms with van der Waals surface area (Å²) < 4.78 is 23.1. The minimum absolute atomic E-state index is 0.210. The van der Waals surface area contributed by atoms with Crippen molar-refractivity contribution in [3.05, 3.63) is 108 Å². The second kappa shape index (κ2) is 12.1. The summed E-state index contributed by atoms with van der Waals surface area (Å²) in [7, 11) is 0. The van der Waals surface area contributed by atoms with Crippen molar-refractivity contribution in [2.75, 3.05) is 26.4 Å². The Balaban J connectivity index is 1.66. The van der Waals surface area contributed by atoms with Crippen LogP contribution in [-0.4, -0.2) is 38.6 Å². The number of hydrogen-bond acceptors (Lipinski definition) is 4. The lowest BCUT2D eigenvalue weighted by molar-refractivity contribution is 0.259. The van der Waals surface area contributed by atoms with E-state index < -0.39 is 0 Å². The topological polar surface area (TPSA) is 43.5 Å². The van der Waals surface area contributed by atoms with Gasteiger partial charge < -0.3 is 18.9 Å². The number of benzene rings is 2. The van der Waals surface area contributed by atoms with E-state index >= 15 is 0 Å². The number of epoxide rings is 2. The molecule has 2 atom stereocenters. The molecule has 2 unspecified atom stereocenters. The van der Waals surface area contributed by atoms with Crippen molar-refractivity contribution in [3.8, 4) is 11.5 Å². The maximum atomic E-state index is 6.20. The summed E-state index contributed by atoms with van der Waals surface area (Å²) in [5, 5.41) is 0. The molecule has 0 N–H and O–H groups in total. The van der Waals surface area contributed by atoms with E-state index in [1.54, 1.807) is 0 Å². The molecule has 0 radical (unpaired) electrons. The summed E-state index contributed by atoms with van der Waals surface area (Å²) in [5.74, 6) is 1.88. The predicted octanol–water partition coefficient (Wildman–Crippen LogP) is 5.75. The van der Waals surface area contributed by atoms with Crippen molar-refractivity contribution in [3.63, 3.8) is 0 Å². The monoisotopic (exact) mass is 472 g/mol. The van der Waals surface area contributed by atoms with Crippen molar-refractivity contribution in [2.45, 2.75) is 44.3 Å². The number of hydrogen-bond donors (Lipinski definition) is 0. The fourth-order valence-corrected chi connectivity index (χ4v) is 4.37. The SMILES string of the molecule is C=CCc1cc(Cc2cc(CC=C)c(OCC3CO3)c(CC=C)c2)cc(CC=C)c1OCC1CO1. The molecule has 0 saturated carbocycles. The zero-order valence-electron chi connectivity index (χ0n) is 20.6. The molecule has 0 aliphatic carbocycles. The van der Waals surface area contributed by atoms with E-state index in [1.165, 1.54) is 11.1 Å². The minimum atomic E-state index is 0.210. The number of ether oxygens (including phenoxy) is 4. The predicted molar refractivity (Wildman–Crippen MR) is 142 cm³/mol. The molecule has 2 fully saturated rings. The van der Waals surface area contributed by atoms with E-state index in [0.717, 1.165) is 79.1 Å². The van der Waals surface area contributed by atoms with Gasteiger partial charge in [-0.1, -0.05) is 48.6 Å².